The Hall–Kier alpha value is -1.41. The van der Waals surface area contributed by atoms with Gasteiger partial charge in [0.05, 0.1) is 0 Å². The van der Waals surface area contributed by atoms with Crippen molar-refractivity contribution >= 4 is 34.1 Å². The van der Waals surface area contributed by atoms with E-state index in [9.17, 15) is 0 Å². The van der Waals surface area contributed by atoms with Gasteiger partial charge in [0.15, 0.2) is 0 Å². The lowest BCUT2D eigenvalue weighted by molar-refractivity contribution is 0.968. The van der Waals surface area contributed by atoms with Crippen molar-refractivity contribution in [1.29, 1.82) is 0 Å². The van der Waals surface area contributed by atoms with Crippen molar-refractivity contribution in [2.45, 2.75) is 0 Å². The summed E-state index contributed by atoms with van der Waals surface area (Å²) in [5.41, 5.74) is 3.71. The van der Waals surface area contributed by atoms with E-state index in [1.165, 1.54) is 22.0 Å². The molecule has 0 bridgehead atoms. The molecule has 0 unspecified atom stereocenters. The highest BCUT2D eigenvalue weighted by atomic mass is 32.1. The summed E-state index contributed by atoms with van der Waals surface area (Å²) in [5.74, 6) is 0. The van der Waals surface area contributed by atoms with Gasteiger partial charge in [0.1, 0.15) is 0 Å². The Bertz CT molecular complexity index is 575. The molecule has 1 aromatic heterocycles. The molecule has 3 rings (SSSR count). The van der Waals surface area contributed by atoms with E-state index in [-0.39, 0.29) is 0 Å². The van der Waals surface area contributed by atoms with Gasteiger partial charge in [-0.2, -0.15) is 0 Å². The molecule has 0 radical (unpaired) electrons. The van der Waals surface area contributed by atoms with Crippen LogP contribution in [0.2, 0.25) is 0 Å². The number of rotatable bonds is 0. The molecule has 1 aliphatic carbocycles. The van der Waals surface area contributed by atoms with Crippen molar-refractivity contribution in [3.05, 3.63) is 41.6 Å². The molecule has 0 aliphatic heterocycles. The zero-order valence-corrected chi connectivity index (χ0v) is 8.64. The van der Waals surface area contributed by atoms with Gasteiger partial charge in [-0.3, -0.25) is 0 Å². The number of aryl methyl sites for hydroxylation is 1. The van der Waals surface area contributed by atoms with Crippen LogP contribution in [0.25, 0.3) is 17.0 Å². The first-order chi connectivity index (χ1) is 6.77. The summed E-state index contributed by atoms with van der Waals surface area (Å²) >= 11 is 5.31. The summed E-state index contributed by atoms with van der Waals surface area (Å²) in [6.45, 7) is 0. The minimum absolute atomic E-state index is 0.939. The lowest BCUT2D eigenvalue weighted by Gasteiger charge is -2.07. The highest BCUT2D eigenvalue weighted by molar-refractivity contribution is 7.81. The summed E-state index contributed by atoms with van der Waals surface area (Å²) in [5, 5.41) is 1.29. The number of thiocarbonyl (C=S) groups is 1. The molecule has 0 saturated heterocycles. The van der Waals surface area contributed by atoms with E-state index >= 15 is 0 Å². The number of benzene rings is 1. The smallest absolute Gasteiger partial charge is 0.0490 e. The van der Waals surface area contributed by atoms with Crippen LogP contribution in [0.4, 0.5) is 0 Å². The molecule has 1 aromatic carbocycles. The van der Waals surface area contributed by atoms with Gasteiger partial charge in [-0.05, 0) is 12.1 Å². The minimum Gasteiger partial charge on any atom is -0.350 e. The summed E-state index contributed by atoms with van der Waals surface area (Å²) in [7, 11) is 2.07. The van der Waals surface area contributed by atoms with Gasteiger partial charge in [0.25, 0.3) is 0 Å². The van der Waals surface area contributed by atoms with Crippen LogP contribution in [0, 0.1) is 0 Å². The van der Waals surface area contributed by atoms with Crippen LogP contribution in [0.1, 0.15) is 11.1 Å². The predicted octanol–water partition coefficient (Wildman–Crippen LogP) is 2.92. The maximum Gasteiger partial charge on any atom is 0.0490 e. The Morgan fingerprint density at radius 1 is 1.21 bits per heavy atom. The molecule has 0 amide bonds. The Morgan fingerprint density at radius 2 is 2.07 bits per heavy atom. The van der Waals surface area contributed by atoms with Crippen LogP contribution >= 0.6 is 12.2 Å². The Balaban J connectivity index is 2.59. The molecule has 0 atom stereocenters. The second-order valence-corrected chi connectivity index (χ2v) is 4.03. The van der Waals surface area contributed by atoms with Crippen LogP contribution in [0.3, 0.4) is 0 Å². The fraction of sp³-hybridized carbons (Fsp3) is 0.0833. The van der Waals surface area contributed by atoms with Crippen molar-refractivity contribution < 1.29 is 0 Å². The normalized spacial score (nSPS) is 13.9. The SMILES string of the molecule is Cn1cc2c3c(cccc31)C(=S)C=C2. The van der Waals surface area contributed by atoms with Crippen LogP contribution in [-0.2, 0) is 7.05 Å². The van der Waals surface area contributed by atoms with Gasteiger partial charge in [-0.25, -0.2) is 0 Å². The second-order valence-electron chi connectivity index (χ2n) is 3.59. The number of nitrogens with zero attached hydrogens (tertiary/aromatic N) is 1. The lowest BCUT2D eigenvalue weighted by Crippen LogP contribution is -1.97. The van der Waals surface area contributed by atoms with Gasteiger partial charge in [0, 0.05) is 40.1 Å². The van der Waals surface area contributed by atoms with E-state index in [4.69, 9.17) is 12.2 Å². The summed E-state index contributed by atoms with van der Waals surface area (Å²) in [6.07, 6.45) is 6.25. The average molecular weight is 199 g/mol. The van der Waals surface area contributed by atoms with E-state index in [0.29, 0.717) is 0 Å². The molecule has 2 heteroatoms. The standard InChI is InChI=1S/C12H9NS/c1-13-7-8-5-6-11(14)9-3-2-4-10(13)12(8)9/h2-7H,1H3. The molecule has 1 nitrogen and oxygen atoms in total. The predicted molar refractivity (Wildman–Crippen MR) is 63.7 cm³/mol. The maximum absolute atomic E-state index is 5.31. The van der Waals surface area contributed by atoms with E-state index in [0.717, 1.165) is 4.86 Å². The number of aromatic nitrogens is 1. The number of hydrogen-bond acceptors (Lipinski definition) is 1. The topological polar surface area (TPSA) is 4.93 Å². The zero-order chi connectivity index (χ0) is 9.71. The Labute approximate surface area is 87.7 Å². The van der Waals surface area contributed by atoms with Crippen LogP contribution in [-0.4, -0.2) is 9.43 Å². The van der Waals surface area contributed by atoms with Gasteiger partial charge >= 0.3 is 0 Å². The van der Waals surface area contributed by atoms with E-state index < -0.39 is 0 Å². The first-order valence-corrected chi connectivity index (χ1v) is 4.98. The van der Waals surface area contributed by atoms with Crippen molar-refractivity contribution in [2.24, 2.45) is 7.05 Å². The maximum atomic E-state index is 5.31. The van der Waals surface area contributed by atoms with E-state index in [2.05, 4.69) is 42.1 Å². The largest absolute Gasteiger partial charge is 0.350 e. The van der Waals surface area contributed by atoms with E-state index in [1.807, 2.05) is 6.08 Å². The van der Waals surface area contributed by atoms with Gasteiger partial charge < -0.3 is 4.57 Å². The van der Waals surface area contributed by atoms with Crippen LogP contribution < -0.4 is 0 Å². The molecule has 14 heavy (non-hydrogen) atoms. The van der Waals surface area contributed by atoms with Crippen molar-refractivity contribution in [3.63, 3.8) is 0 Å². The molecular formula is C12H9NS. The molecular weight excluding hydrogens is 190 g/mol. The zero-order valence-electron chi connectivity index (χ0n) is 7.82. The molecule has 2 aromatic rings. The van der Waals surface area contributed by atoms with Crippen LogP contribution in [0.5, 0.6) is 0 Å². The molecule has 68 valence electrons. The first-order valence-electron chi connectivity index (χ1n) is 4.58. The highest BCUT2D eigenvalue weighted by Gasteiger charge is 2.14. The second kappa shape index (κ2) is 2.55. The molecule has 1 heterocycles. The number of allylic oxidation sites excluding steroid dienone is 1. The Kier molecular flexibility index (Phi) is 1.45. The monoisotopic (exact) mass is 199 g/mol. The third-order valence-electron chi connectivity index (χ3n) is 2.72. The Morgan fingerprint density at radius 3 is 2.93 bits per heavy atom. The van der Waals surface area contributed by atoms with Crippen molar-refractivity contribution in [2.75, 3.05) is 0 Å². The first kappa shape index (κ1) is 7.94. The third kappa shape index (κ3) is 0.863. The van der Waals surface area contributed by atoms with Gasteiger partial charge in [0.2, 0.25) is 0 Å². The van der Waals surface area contributed by atoms with Crippen molar-refractivity contribution in [3.8, 4) is 0 Å². The fourth-order valence-corrected chi connectivity index (χ4v) is 2.31. The van der Waals surface area contributed by atoms with Crippen molar-refractivity contribution in [1.82, 2.24) is 4.57 Å². The molecule has 0 N–H and O–H groups in total. The minimum atomic E-state index is 0.939. The quantitative estimate of drug-likeness (QED) is 0.590. The molecule has 1 aliphatic rings. The highest BCUT2D eigenvalue weighted by Crippen LogP contribution is 2.29. The van der Waals surface area contributed by atoms with Gasteiger partial charge in [-0.15, -0.1) is 0 Å². The molecule has 0 saturated carbocycles. The van der Waals surface area contributed by atoms with E-state index in [1.54, 1.807) is 0 Å². The fourth-order valence-electron chi connectivity index (χ4n) is 2.07. The lowest BCUT2D eigenvalue weighted by atomic mass is 9.98. The van der Waals surface area contributed by atoms with Crippen LogP contribution in [0.15, 0.2) is 30.5 Å². The molecule has 0 fully saturated rings. The average Bonchev–Trinajstić information content (AvgIpc) is 2.52. The van der Waals surface area contributed by atoms with Gasteiger partial charge in [-0.1, -0.05) is 30.4 Å². The molecule has 0 spiro atoms. The summed E-state index contributed by atoms with van der Waals surface area (Å²) < 4.78 is 2.15. The summed E-state index contributed by atoms with van der Waals surface area (Å²) in [4.78, 5) is 0.939. The number of hydrogen-bond donors (Lipinski definition) is 0. The third-order valence-corrected chi connectivity index (χ3v) is 3.08. The summed E-state index contributed by atoms with van der Waals surface area (Å²) in [6, 6.07) is 6.29.